The van der Waals surface area contributed by atoms with E-state index in [9.17, 15) is 13.2 Å². The maximum atomic E-state index is 12.7. The molecule has 7 heteroatoms. The Kier molecular flexibility index (Phi) is 5.29. The van der Waals surface area contributed by atoms with E-state index in [1.54, 1.807) is 0 Å². The monoisotopic (exact) mass is 374 g/mol. The van der Waals surface area contributed by atoms with Crippen molar-refractivity contribution in [2.75, 3.05) is 13.1 Å². The van der Waals surface area contributed by atoms with Gasteiger partial charge in [0, 0.05) is 13.1 Å². The molecule has 1 saturated heterocycles. The lowest BCUT2D eigenvalue weighted by Gasteiger charge is -2.17. The maximum absolute atomic E-state index is 12.7. The molecule has 1 fully saturated rings. The van der Waals surface area contributed by atoms with Gasteiger partial charge in [0.05, 0.1) is 10.5 Å². The number of primary amides is 1. The predicted octanol–water partition coefficient (Wildman–Crippen LogP) is 2.46. The fourth-order valence-electron chi connectivity index (χ4n) is 3.03. The van der Waals surface area contributed by atoms with Gasteiger partial charge in [0.1, 0.15) is 12.4 Å². The first kappa shape index (κ1) is 18.4. The molecule has 0 aliphatic carbocycles. The summed E-state index contributed by atoms with van der Waals surface area (Å²) in [6.45, 7) is 3.25. The van der Waals surface area contributed by atoms with E-state index in [1.165, 1.54) is 22.5 Å². The van der Waals surface area contributed by atoms with Gasteiger partial charge < -0.3 is 10.5 Å². The summed E-state index contributed by atoms with van der Waals surface area (Å²) in [5.74, 6) is -0.443. The molecule has 0 radical (unpaired) electrons. The summed E-state index contributed by atoms with van der Waals surface area (Å²) in [6, 6.07) is 12.1. The lowest BCUT2D eigenvalue weighted by Crippen LogP contribution is -2.28. The Labute approximate surface area is 153 Å². The number of amides is 1. The molecule has 1 amide bonds. The fourth-order valence-corrected chi connectivity index (χ4v) is 4.57. The minimum atomic E-state index is -3.61. The van der Waals surface area contributed by atoms with Crippen molar-refractivity contribution >= 4 is 15.9 Å². The molecule has 2 aromatic rings. The second-order valence-corrected chi connectivity index (χ2v) is 8.35. The summed E-state index contributed by atoms with van der Waals surface area (Å²) >= 11 is 0. The molecule has 1 heterocycles. The maximum Gasteiger partial charge on any atom is 0.252 e. The number of benzene rings is 2. The zero-order valence-electron chi connectivity index (χ0n) is 14.6. The average molecular weight is 374 g/mol. The zero-order valence-corrected chi connectivity index (χ0v) is 15.5. The number of ether oxygens (including phenoxy) is 1. The van der Waals surface area contributed by atoms with Crippen LogP contribution in [0.1, 0.15) is 34.3 Å². The third kappa shape index (κ3) is 3.89. The zero-order chi connectivity index (χ0) is 18.7. The Morgan fingerprint density at radius 1 is 1.15 bits per heavy atom. The molecule has 2 aromatic carbocycles. The van der Waals surface area contributed by atoms with Crippen molar-refractivity contribution < 1.29 is 17.9 Å². The van der Waals surface area contributed by atoms with Crippen LogP contribution in [0.3, 0.4) is 0 Å². The van der Waals surface area contributed by atoms with Crippen molar-refractivity contribution in [2.24, 2.45) is 5.73 Å². The van der Waals surface area contributed by atoms with Crippen LogP contribution in [-0.2, 0) is 16.6 Å². The second-order valence-electron chi connectivity index (χ2n) is 6.41. The van der Waals surface area contributed by atoms with Crippen molar-refractivity contribution in [1.82, 2.24) is 4.31 Å². The average Bonchev–Trinajstić information content (AvgIpc) is 3.15. The highest BCUT2D eigenvalue weighted by atomic mass is 32.2. The van der Waals surface area contributed by atoms with Crippen molar-refractivity contribution in [3.8, 4) is 5.75 Å². The van der Waals surface area contributed by atoms with E-state index in [0.29, 0.717) is 13.1 Å². The molecule has 0 atom stereocenters. The Morgan fingerprint density at radius 3 is 2.54 bits per heavy atom. The summed E-state index contributed by atoms with van der Waals surface area (Å²) in [5.41, 5.74) is 7.57. The number of carbonyl (C=O) groups is 1. The minimum absolute atomic E-state index is 0.0658. The number of hydrogen-bond acceptors (Lipinski definition) is 4. The first-order valence-electron chi connectivity index (χ1n) is 8.50. The second kappa shape index (κ2) is 7.47. The van der Waals surface area contributed by atoms with Crippen LogP contribution in [0.25, 0.3) is 0 Å². The lowest BCUT2D eigenvalue weighted by atomic mass is 10.1. The highest BCUT2D eigenvalue weighted by Gasteiger charge is 2.28. The van der Waals surface area contributed by atoms with Crippen LogP contribution in [-0.4, -0.2) is 31.7 Å². The summed E-state index contributed by atoms with van der Waals surface area (Å²) in [7, 11) is -3.61. The summed E-state index contributed by atoms with van der Waals surface area (Å²) < 4.78 is 32.5. The third-order valence-corrected chi connectivity index (χ3v) is 6.29. The van der Waals surface area contributed by atoms with E-state index < -0.39 is 15.9 Å². The molecule has 3 rings (SSSR count). The minimum Gasteiger partial charge on any atom is -0.488 e. The summed E-state index contributed by atoms with van der Waals surface area (Å²) in [6.07, 6.45) is 1.69. The predicted molar refractivity (Wildman–Crippen MR) is 98.5 cm³/mol. The molecule has 0 saturated carbocycles. The van der Waals surface area contributed by atoms with Crippen molar-refractivity contribution in [3.63, 3.8) is 0 Å². The molecule has 0 aromatic heterocycles. The van der Waals surface area contributed by atoms with Crippen molar-refractivity contribution in [1.29, 1.82) is 0 Å². The van der Waals surface area contributed by atoms with Crippen molar-refractivity contribution in [2.45, 2.75) is 31.3 Å². The van der Waals surface area contributed by atoms with Gasteiger partial charge in [-0.1, -0.05) is 29.8 Å². The van der Waals surface area contributed by atoms with Crippen molar-refractivity contribution in [3.05, 3.63) is 59.2 Å². The Balaban J connectivity index is 1.86. The van der Waals surface area contributed by atoms with Gasteiger partial charge in [0.2, 0.25) is 10.0 Å². The van der Waals surface area contributed by atoms with Gasteiger partial charge in [-0.05, 0) is 43.5 Å². The van der Waals surface area contributed by atoms with E-state index in [4.69, 9.17) is 10.5 Å². The number of hydrogen-bond donors (Lipinski definition) is 1. The van der Waals surface area contributed by atoms with Crippen LogP contribution in [0, 0.1) is 6.92 Å². The Hall–Kier alpha value is -2.38. The van der Waals surface area contributed by atoms with Crippen LogP contribution in [0.15, 0.2) is 47.4 Å². The van der Waals surface area contributed by atoms with E-state index >= 15 is 0 Å². The third-order valence-electron chi connectivity index (χ3n) is 4.40. The quantitative estimate of drug-likeness (QED) is 0.841. The molecule has 0 spiro atoms. The van der Waals surface area contributed by atoms with Crippen LogP contribution in [0.2, 0.25) is 0 Å². The fraction of sp³-hybridized carbons (Fsp3) is 0.316. The molecule has 26 heavy (non-hydrogen) atoms. The largest absolute Gasteiger partial charge is 0.488 e. The van der Waals surface area contributed by atoms with Gasteiger partial charge in [-0.15, -0.1) is 0 Å². The van der Waals surface area contributed by atoms with Crippen LogP contribution in [0.4, 0.5) is 0 Å². The Morgan fingerprint density at radius 2 is 1.88 bits per heavy atom. The molecule has 6 nitrogen and oxygen atoms in total. The molecule has 2 N–H and O–H groups in total. The van der Waals surface area contributed by atoms with Gasteiger partial charge in [-0.3, -0.25) is 4.79 Å². The van der Waals surface area contributed by atoms with E-state index in [0.717, 1.165) is 24.0 Å². The molecule has 1 aliphatic heterocycles. The summed E-state index contributed by atoms with van der Waals surface area (Å²) in [5, 5.41) is 0. The molecule has 138 valence electrons. The van der Waals surface area contributed by atoms with Gasteiger partial charge >= 0.3 is 0 Å². The number of nitrogens with zero attached hydrogens (tertiary/aromatic N) is 1. The van der Waals surface area contributed by atoms with Crippen LogP contribution >= 0.6 is 0 Å². The van der Waals surface area contributed by atoms with Gasteiger partial charge in [-0.25, -0.2) is 8.42 Å². The molecular weight excluding hydrogens is 352 g/mol. The van der Waals surface area contributed by atoms with Gasteiger partial charge in [0.25, 0.3) is 5.91 Å². The normalized spacial score (nSPS) is 15.1. The highest BCUT2D eigenvalue weighted by molar-refractivity contribution is 7.89. The number of rotatable bonds is 6. The molecule has 1 aliphatic rings. The van der Waals surface area contributed by atoms with Gasteiger partial charge in [0.15, 0.2) is 0 Å². The number of sulfonamides is 1. The number of aryl methyl sites for hydroxylation is 1. The number of nitrogens with two attached hydrogens (primary N) is 1. The number of carbonyl (C=O) groups excluding carboxylic acids is 1. The first-order chi connectivity index (χ1) is 12.4. The molecule has 0 unspecified atom stereocenters. The standard InChI is InChI=1S/C19H22N2O4S/c1-14-5-4-6-15(11-14)13-25-18-8-7-16(12-17(18)19(20)22)26(23,24)21-9-2-3-10-21/h4-8,11-12H,2-3,9-10,13H2,1H3,(H2,20,22). The van der Waals surface area contributed by atoms with E-state index in [1.807, 2.05) is 31.2 Å². The van der Waals surface area contributed by atoms with Crippen LogP contribution < -0.4 is 10.5 Å². The first-order valence-corrected chi connectivity index (χ1v) is 9.94. The topological polar surface area (TPSA) is 89.7 Å². The van der Waals surface area contributed by atoms with Gasteiger partial charge in [-0.2, -0.15) is 4.31 Å². The summed E-state index contributed by atoms with van der Waals surface area (Å²) in [4.78, 5) is 11.9. The van der Waals surface area contributed by atoms with E-state index in [-0.39, 0.29) is 22.8 Å². The molecular formula is C19H22N2O4S. The van der Waals surface area contributed by atoms with E-state index in [2.05, 4.69) is 0 Å². The van der Waals surface area contributed by atoms with Crippen LogP contribution in [0.5, 0.6) is 5.75 Å². The molecule has 0 bridgehead atoms. The SMILES string of the molecule is Cc1cccc(COc2ccc(S(=O)(=O)N3CCCC3)cc2C(N)=O)c1. The smallest absolute Gasteiger partial charge is 0.252 e. The highest BCUT2D eigenvalue weighted by Crippen LogP contribution is 2.27. The Bertz CT molecular complexity index is 919. The lowest BCUT2D eigenvalue weighted by molar-refractivity contribution is 0.0995.